The van der Waals surface area contributed by atoms with Crippen molar-refractivity contribution in [2.75, 3.05) is 5.32 Å². The first-order valence-electron chi connectivity index (χ1n) is 4.86. The van der Waals surface area contributed by atoms with Gasteiger partial charge in [-0.15, -0.1) is 0 Å². The molecule has 0 radical (unpaired) electrons. The van der Waals surface area contributed by atoms with Crippen molar-refractivity contribution >= 4 is 27.7 Å². The van der Waals surface area contributed by atoms with E-state index in [0.29, 0.717) is 5.76 Å². The summed E-state index contributed by atoms with van der Waals surface area (Å²) in [5, 5.41) is 5.74. The average molecular weight is 317 g/mol. The molecular weight excluding hydrogens is 310 g/mol. The fourth-order valence-corrected chi connectivity index (χ4v) is 1.77. The number of halogens is 3. The molecule has 18 heavy (non-hydrogen) atoms. The maximum Gasteiger partial charge on any atom is 0.262 e. The van der Waals surface area contributed by atoms with Gasteiger partial charge in [-0.05, 0) is 19.1 Å². The van der Waals surface area contributed by atoms with Crippen LogP contribution in [0.15, 0.2) is 27.2 Å². The van der Waals surface area contributed by atoms with E-state index in [-0.39, 0.29) is 10.3 Å². The third-order valence-electron chi connectivity index (χ3n) is 2.10. The molecule has 4 nitrogen and oxygen atoms in total. The zero-order chi connectivity index (χ0) is 13.3. The molecule has 2 aromatic rings. The summed E-state index contributed by atoms with van der Waals surface area (Å²) >= 11 is 2.93. The number of anilines is 1. The molecule has 1 N–H and O–H groups in total. The molecule has 0 atom stereocenters. The normalized spacial score (nSPS) is 10.4. The highest BCUT2D eigenvalue weighted by Crippen LogP contribution is 2.20. The van der Waals surface area contributed by atoms with Crippen molar-refractivity contribution in [2.45, 2.75) is 6.92 Å². The average Bonchev–Trinajstić information content (AvgIpc) is 2.62. The highest BCUT2D eigenvalue weighted by atomic mass is 79.9. The van der Waals surface area contributed by atoms with Gasteiger partial charge in [0.1, 0.15) is 23.0 Å². The van der Waals surface area contributed by atoms with Crippen LogP contribution in [0.2, 0.25) is 0 Å². The molecule has 0 aliphatic rings. The molecule has 0 spiro atoms. The van der Waals surface area contributed by atoms with Gasteiger partial charge in [-0.2, -0.15) is 0 Å². The molecule has 0 saturated carbocycles. The first-order valence-corrected chi connectivity index (χ1v) is 5.66. The predicted octanol–water partition coefficient (Wildman–Crippen LogP) is 3.28. The Morgan fingerprint density at radius 2 is 1.94 bits per heavy atom. The van der Waals surface area contributed by atoms with Crippen LogP contribution >= 0.6 is 15.9 Å². The summed E-state index contributed by atoms with van der Waals surface area (Å²) in [6, 6.07) is 3.45. The standard InChI is InChI=1S/C11H7BrF2N2O2/c1-5-2-9(16-18-5)15-11(17)10-7(13)3-6(12)4-8(10)14/h2-4H,1H3,(H,15,16,17). The Bertz CT molecular complexity index is 590. The molecule has 0 saturated heterocycles. The Morgan fingerprint density at radius 1 is 1.33 bits per heavy atom. The summed E-state index contributed by atoms with van der Waals surface area (Å²) in [6.45, 7) is 1.63. The lowest BCUT2D eigenvalue weighted by molar-refractivity contribution is 0.101. The number of nitrogens with zero attached hydrogens (tertiary/aromatic N) is 1. The molecule has 0 aliphatic carbocycles. The Morgan fingerprint density at radius 3 is 2.44 bits per heavy atom. The number of carbonyl (C=O) groups excluding carboxylic acids is 1. The van der Waals surface area contributed by atoms with E-state index in [2.05, 4.69) is 26.4 Å². The number of aryl methyl sites for hydroxylation is 1. The highest BCUT2D eigenvalue weighted by Gasteiger charge is 2.19. The van der Waals surface area contributed by atoms with Gasteiger partial charge in [-0.1, -0.05) is 21.1 Å². The smallest absolute Gasteiger partial charge is 0.262 e. The predicted molar refractivity (Wildman–Crippen MR) is 63.3 cm³/mol. The minimum absolute atomic E-state index is 0.0965. The molecule has 2 rings (SSSR count). The second-order valence-corrected chi connectivity index (χ2v) is 4.44. The maximum atomic E-state index is 13.5. The number of benzene rings is 1. The summed E-state index contributed by atoms with van der Waals surface area (Å²) in [5.74, 6) is -2.27. The van der Waals surface area contributed by atoms with Gasteiger partial charge < -0.3 is 9.84 Å². The van der Waals surface area contributed by atoms with Crippen LogP contribution in [0.1, 0.15) is 16.1 Å². The van der Waals surface area contributed by atoms with E-state index in [4.69, 9.17) is 4.52 Å². The molecule has 0 unspecified atom stereocenters. The van der Waals surface area contributed by atoms with E-state index in [9.17, 15) is 13.6 Å². The van der Waals surface area contributed by atoms with Crippen molar-refractivity contribution < 1.29 is 18.1 Å². The summed E-state index contributed by atoms with van der Waals surface area (Å²) in [6.07, 6.45) is 0. The van der Waals surface area contributed by atoms with E-state index < -0.39 is 23.1 Å². The van der Waals surface area contributed by atoms with Crippen molar-refractivity contribution in [1.82, 2.24) is 5.16 Å². The summed E-state index contributed by atoms with van der Waals surface area (Å²) in [5.41, 5.74) is -0.668. The first kappa shape index (κ1) is 12.7. The van der Waals surface area contributed by atoms with E-state index in [0.717, 1.165) is 12.1 Å². The van der Waals surface area contributed by atoms with Crippen LogP contribution in [0, 0.1) is 18.6 Å². The van der Waals surface area contributed by atoms with Gasteiger partial charge in [0, 0.05) is 10.5 Å². The van der Waals surface area contributed by atoms with Gasteiger partial charge in [0.2, 0.25) is 0 Å². The molecule has 94 valence electrons. The number of carbonyl (C=O) groups is 1. The molecule has 1 heterocycles. The monoisotopic (exact) mass is 316 g/mol. The Balaban J connectivity index is 2.29. The van der Waals surface area contributed by atoms with Gasteiger partial charge in [-0.25, -0.2) is 8.78 Å². The molecule has 1 amide bonds. The SMILES string of the molecule is Cc1cc(NC(=O)c2c(F)cc(Br)cc2F)no1. The summed E-state index contributed by atoms with van der Waals surface area (Å²) in [4.78, 5) is 11.7. The van der Waals surface area contributed by atoms with Crippen LogP contribution < -0.4 is 5.32 Å². The maximum absolute atomic E-state index is 13.5. The van der Waals surface area contributed by atoms with Crippen molar-refractivity contribution in [3.63, 3.8) is 0 Å². The van der Waals surface area contributed by atoms with Crippen LogP contribution in [-0.2, 0) is 0 Å². The van der Waals surface area contributed by atoms with Gasteiger partial charge >= 0.3 is 0 Å². The van der Waals surface area contributed by atoms with Crippen LogP contribution in [0.3, 0.4) is 0 Å². The lowest BCUT2D eigenvalue weighted by Gasteiger charge is -2.04. The minimum Gasteiger partial charge on any atom is -0.360 e. The van der Waals surface area contributed by atoms with Gasteiger partial charge in [0.15, 0.2) is 5.82 Å². The van der Waals surface area contributed by atoms with Gasteiger partial charge in [0.25, 0.3) is 5.91 Å². The zero-order valence-corrected chi connectivity index (χ0v) is 10.7. The number of rotatable bonds is 2. The van der Waals surface area contributed by atoms with Crippen molar-refractivity contribution in [3.8, 4) is 0 Å². The van der Waals surface area contributed by atoms with E-state index in [1.165, 1.54) is 6.07 Å². The summed E-state index contributed by atoms with van der Waals surface area (Å²) < 4.78 is 31.9. The number of amides is 1. The van der Waals surface area contributed by atoms with E-state index >= 15 is 0 Å². The van der Waals surface area contributed by atoms with E-state index in [1.54, 1.807) is 6.92 Å². The second-order valence-electron chi connectivity index (χ2n) is 3.52. The van der Waals surface area contributed by atoms with Gasteiger partial charge in [0.05, 0.1) is 0 Å². The Labute approximate surface area is 109 Å². The van der Waals surface area contributed by atoms with Crippen LogP contribution in [-0.4, -0.2) is 11.1 Å². The largest absolute Gasteiger partial charge is 0.360 e. The van der Waals surface area contributed by atoms with Crippen molar-refractivity contribution in [3.05, 3.63) is 45.6 Å². The summed E-state index contributed by atoms with van der Waals surface area (Å²) in [7, 11) is 0. The van der Waals surface area contributed by atoms with Crippen molar-refractivity contribution in [2.24, 2.45) is 0 Å². The van der Waals surface area contributed by atoms with Crippen LogP contribution in [0.5, 0.6) is 0 Å². The fraction of sp³-hybridized carbons (Fsp3) is 0.0909. The molecule has 0 fully saturated rings. The second kappa shape index (κ2) is 4.85. The third-order valence-corrected chi connectivity index (χ3v) is 2.56. The molecule has 1 aromatic heterocycles. The third kappa shape index (κ3) is 2.56. The lowest BCUT2D eigenvalue weighted by atomic mass is 10.2. The molecule has 1 aromatic carbocycles. The molecule has 7 heteroatoms. The van der Waals surface area contributed by atoms with E-state index in [1.807, 2.05) is 0 Å². The van der Waals surface area contributed by atoms with Gasteiger partial charge in [-0.3, -0.25) is 4.79 Å². The van der Waals surface area contributed by atoms with Crippen LogP contribution in [0.4, 0.5) is 14.6 Å². The topological polar surface area (TPSA) is 55.1 Å². The minimum atomic E-state index is -0.959. The lowest BCUT2D eigenvalue weighted by Crippen LogP contribution is -2.16. The van der Waals surface area contributed by atoms with Crippen LogP contribution in [0.25, 0.3) is 0 Å². The van der Waals surface area contributed by atoms with Crippen molar-refractivity contribution in [1.29, 1.82) is 0 Å². The number of hydrogen-bond donors (Lipinski definition) is 1. The fourth-order valence-electron chi connectivity index (χ4n) is 1.36. The Hall–Kier alpha value is -1.76. The first-order chi connectivity index (χ1) is 8.47. The number of hydrogen-bond acceptors (Lipinski definition) is 3. The molecule has 0 aliphatic heterocycles. The Kier molecular flexibility index (Phi) is 3.42. The quantitative estimate of drug-likeness (QED) is 0.925. The molecule has 0 bridgehead atoms. The zero-order valence-electron chi connectivity index (χ0n) is 9.13. The number of aromatic nitrogens is 1. The highest BCUT2D eigenvalue weighted by molar-refractivity contribution is 9.10. The molecular formula is C11H7BrF2N2O2. The number of nitrogens with one attached hydrogen (secondary N) is 1.